The fourth-order valence-corrected chi connectivity index (χ4v) is 2.49. The monoisotopic (exact) mass is 308 g/mol. The zero-order valence-electron chi connectivity index (χ0n) is 14.5. The average molecular weight is 308 g/mol. The van der Waals surface area contributed by atoms with Crippen molar-refractivity contribution in [1.82, 2.24) is 0 Å². The van der Waals surface area contributed by atoms with Crippen molar-refractivity contribution in [3.63, 3.8) is 0 Å². The van der Waals surface area contributed by atoms with E-state index in [9.17, 15) is 0 Å². The first-order valence-electron chi connectivity index (χ1n) is 7.29. The lowest BCUT2D eigenvalue weighted by molar-refractivity contribution is 0.107. The van der Waals surface area contributed by atoms with Crippen molar-refractivity contribution < 1.29 is 4.74 Å². The van der Waals surface area contributed by atoms with Gasteiger partial charge in [0.15, 0.2) is 0 Å². The summed E-state index contributed by atoms with van der Waals surface area (Å²) in [6.45, 7) is 16.5. The molecule has 0 saturated carbocycles. The van der Waals surface area contributed by atoms with E-state index in [2.05, 4.69) is 43.1 Å². The van der Waals surface area contributed by atoms with Gasteiger partial charge in [-0.2, -0.15) is 5.11 Å². The molecule has 0 fully saturated rings. The van der Waals surface area contributed by atoms with Crippen LogP contribution < -0.4 is 4.74 Å². The molecule has 0 amide bonds. The van der Waals surface area contributed by atoms with Gasteiger partial charge in [-0.3, -0.25) is 0 Å². The number of benzene rings is 1. The maximum Gasteiger partial charge on any atom is 0.213 e. The van der Waals surface area contributed by atoms with Gasteiger partial charge in [-0.15, -0.1) is 16.9 Å². The molecule has 0 atom stereocenters. The molecule has 1 rings (SSSR count). The van der Waals surface area contributed by atoms with Crippen LogP contribution in [0.5, 0.6) is 5.75 Å². The van der Waals surface area contributed by atoms with Crippen LogP contribution in [-0.2, 0) is 0 Å². The highest BCUT2D eigenvalue weighted by Crippen LogP contribution is 2.33. The minimum Gasteiger partial charge on any atom is -0.465 e. The van der Waals surface area contributed by atoms with Crippen molar-refractivity contribution in [3.8, 4) is 5.75 Å². The Balaban J connectivity index is 2.73. The zero-order valence-corrected chi connectivity index (χ0v) is 15.3. The molecule has 4 heteroatoms. The third kappa shape index (κ3) is 8.10. The molecular weight excluding hydrogens is 280 g/mol. The number of hydrogen-bond donors (Lipinski definition) is 0. The number of ether oxygens (including phenoxy) is 1. The van der Waals surface area contributed by atoms with Gasteiger partial charge in [0.05, 0.1) is 5.54 Å². The SMILES string of the molecule is CC(C)(C)/N=N/C(C)(C)Oc1ccc(SC(C)(C)C)cc1. The van der Waals surface area contributed by atoms with Gasteiger partial charge in [0.1, 0.15) is 5.75 Å². The number of azo groups is 1. The van der Waals surface area contributed by atoms with Gasteiger partial charge in [0, 0.05) is 9.64 Å². The molecule has 0 bridgehead atoms. The summed E-state index contributed by atoms with van der Waals surface area (Å²) >= 11 is 1.84. The van der Waals surface area contributed by atoms with Crippen LogP contribution >= 0.6 is 11.8 Å². The average Bonchev–Trinajstić information content (AvgIpc) is 2.26. The van der Waals surface area contributed by atoms with Crippen LogP contribution in [0.4, 0.5) is 0 Å². The quantitative estimate of drug-likeness (QED) is 0.509. The minimum atomic E-state index is -0.661. The molecule has 0 saturated heterocycles. The molecule has 0 heterocycles. The van der Waals surface area contributed by atoms with E-state index in [-0.39, 0.29) is 10.3 Å². The highest BCUT2D eigenvalue weighted by Gasteiger charge is 2.20. The van der Waals surface area contributed by atoms with Crippen LogP contribution in [-0.4, -0.2) is 16.0 Å². The van der Waals surface area contributed by atoms with Gasteiger partial charge in [-0.05, 0) is 58.9 Å². The lowest BCUT2D eigenvalue weighted by atomic mass is 10.1. The Labute approximate surface area is 133 Å². The molecule has 0 radical (unpaired) electrons. The third-order valence-electron chi connectivity index (χ3n) is 2.21. The van der Waals surface area contributed by atoms with E-state index < -0.39 is 5.72 Å². The van der Waals surface area contributed by atoms with E-state index in [0.717, 1.165) is 5.75 Å². The van der Waals surface area contributed by atoms with E-state index in [1.54, 1.807) is 0 Å². The lowest BCUT2D eigenvalue weighted by Gasteiger charge is -2.23. The second-order valence-electron chi connectivity index (χ2n) is 7.61. The first-order chi connectivity index (χ1) is 9.36. The highest BCUT2D eigenvalue weighted by atomic mass is 32.2. The molecule has 0 aliphatic rings. The lowest BCUT2D eigenvalue weighted by Crippen LogP contribution is -2.26. The molecule has 0 aliphatic heterocycles. The Bertz CT molecular complexity index is 479. The van der Waals surface area contributed by atoms with E-state index in [1.807, 2.05) is 58.5 Å². The summed E-state index contributed by atoms with van der Waals surface area (Å²) < 4.78 is 6.12. The molecule has 118 valence electrons. The first-order valence-corrected chi connectivity index (χ1v) is 8.10. The summed E-state index contributed by atoms with van der Waals surface area (Å²) in [5, 5.41) is 8.59. The Morgan fingerprint density at radius 3 is 1.76 bits per heavy atom. The number of thioether (sulfide) groups is 1. The van der Waals surface area contributed by atoms with Gasteiger partial charge < -0.3 is 4.74 Å². The predicted octanol–water partition coefficient (Wildman–Crippen LogP) is 5.94. The normalized spacial score (nSPS) is 13.7. The standard InChI is InChI=1S/C17H28N2OS/c1-15(2,3)18-19-17(7,8)20-13-9-11-14(12-10-13)21-16(4,5)6/h9-12H,1-8H3/b19-18+. The molecule has 21 heavy (non-hydrogen) atoms. The molecule has 0 spiro atoms. The Morgan fingerprint density at radius 1 is 0.810 bits per heavy atom. The van der Waals surface area contributed by atoms with E-state index in [1.165, 1.54) is 4.90 Å². The fourth-order valence-electron chi connectivity index (χ4n) is 1.51. The number of nitrogens with zero attached hydrogens (tertiary/aromatic N) is 2. The molecule has 0 aromatic heterocycles. The minimum absolute atomic E-state index is 0.187. The van der Waals surface area contributed by atoms with Crippen LogP contribution in [0.1, 0.15) is 55.4 Å². The topological polar surface area (TPSA) is 34.0 Å². The van der Waals surface area contributed by atoms with Gasteiger partial charge >= 0.3 is 0 Å². The molecule has 1 aromatic carbocycles. The van der Waals surface area contributed by atoms with Crippen molar-refractivity contribution >= 4 is 11.8 Å². The Kier molecular flexibility index (Phi) is 5.48. The van der Waals surface area contributed by atoms with E-state index >= 15 is 0 Å². The molecule has 1 aromatic rings. The van der Waals surface area contributed by atoms with Crippen LogP contribution in [0, 0.1) is 0 Å². The van der Waals surface area contributed by atoms with Gasteiger partial charge in [-0.25, -0.2) is 0 Å². The summed E-state index contributed by atoms with van der Waals surface area (Å²) in [5.74, 6) is 0.811. The Hall–Kier alpha value is -1.03. The largest absolute Gasteiger partial charge is 0.465 e. The van der Waals surface area contributed by atoms with Crippen molar-refractivity contribution in [1.29, 1.82) is 0 Å². The highest BCUT2D eigenvalue weighted by molar-refractivity contribution is 8.00. The Morgan fingerprint density at radius 2 is 1.33 bits per heavy atom. The van der Waals surface area contributed by atoms with E-state index in [0.29, 0.717) is 0 Å². The summed E-state index contributed by atoms with van der Waals surface area (Å²) in [6.07, 6.45) is 0. The molecule has 0 unspecified atom stereocenters. The predicted molar refractivity (Wildman–Crippen MR) is 91.4 cm³/mol. The molecule has 0 aliphatic carbocycles. The molecule has 0 N–H and O–H groups in total. The van der Waals surface area contributed by atoms with Crippen LogP contribution in [0.3, 0.4) is 0 Å². The second kappa shape index (κ2) is 6.39. The van der Waals surface area contributed by atoms with Gasteiger partial charge in [0.2, 0.25) is 5.72 Å². The van der Waals surface area contributed by atoms with Crippen LogP contribution in [0.2, 0.25) is 0 Å². The van der Waals surface area contributed by atoms with Crippen molar-refractivity contribution in [3.05, 3.63) is 24.3 Å². The van der Waals surface area contributed by atoms with Gasteiger partial charge in [-0.1, -0.05) is 20.8 Å². The number of hydrogen-bond acceptors (Lipinski definition) is 4. The molecule has 3 nitrogen and oxygen atoms in total. The van der Waals surface area contributed by atoms with Crippen LogP contribution in [0.25, 0.3) is 0 Å². The maximum absolute atomic E-state index is 5.91. The van der Waals surface area contributed by atoms with Crippen molar-refractivity contribution in [2.75, 3.05) is 0 Å². The summed E-state index contributed by atoms with van der Waals surface area (Å²) in [7, 11) is 0. The molecular formula is C17H28N2OS. The zero-order chi connectivity index (χ0) is 16.3. The van der Waals surface area contributed by atoms with Crippen molar-refractivity contribution in [2.45, 2.75) is 76.3 Å². The number of rotatable bonds is 4. The second-order valence-corrected chi connectivity index (χ2v) is 9.51. The smallest absolute Gasteiger partial charge is 0.213 e. The van der Waals surface area contributed by atoms with Crippen molar-refractivity contribution in [2.24, 2.45) is 10.2 Å². The fraction of sp³-hybridized carbons (Fsp3) is 0.647. The van der Waals surface area contributed by atoms with Gasteiger partial charge in [0.25, 0.3) is 0 Å². The first kappa shape index (κ1) is 18.0. The van der Waals surface area contributed by atoms with Crippen LogP contribution in [0.15, 0.2) is 39.4 Å². The third-order valence-corrected chi connectivity index (χ3v) is 3.33. The summed E-state index contributed by atoms with van der Waals surface area (Å²) in [4.78, 5) is 1.24. The summed E-state index contributed by atoms with van der Waals surface area (Å²) in [6, 6.07) is 8.15. The summed E-state index contributed by atoms with van der Waals surface area (Å²) in [5.41, 5.74) is -0.847. The van der Waals surface area contributed by atoms with E-state index in [4.69, 9.17) is 4.74 Å². The maximum atomic E-state index is 5.91.